The van der Waals surface area contributed by atoms with Gasteiger partial charge in [0.25, 0.3) is 0 Å². The summed E-state index contributed by atoms with van der Waals surface area (Å²) in [4.78, 5) is 14.6. The van der Waals surface area contributed by atoms with Crippen molar-refractivity contribution in [1.82, 2.24) is 9.80 Å². The number of hydrogen-bond acceptors (Lipinski definition) is 3. The summed E-state index contributed by atoms with van der Waals surface area (Å²) < 4.78 is 39.7. The van der Waals surface area contributed by atoms with Crippen LogP contribution in [0.4, 0.5) is 18.0 Å². The molecule has 1 atom stereocenters. The lowest BCUT2D eigenvalue weighted by Gasteiger charge is -2.25. The summed E-state index contributed by atoms with van der Waals surface area (Å²) in [6, 6.07) is 0.207. The lowest BCUT2D eigenvalue weighted by atomic mass is 10.2. The predicted molar refractivity (Wildman–Crippen MR) is 55.7 cm³/mol. The molecule has 1 saturated heterocycles. The molecule has 1 amide bonds. The molecule has 0 N–H and O–H groups in total. The fourth-order valence-corrected chi connectivity index (χ4v) is 1.85. The zero-order valence-electron chi connectivity index (χ0n) is 9.96. The van der Waals surface area contributed by atoms with Gasteiger partial charge in [-0.05, 0) is 26.4 Å². The highest BCUT2D eigenvalue weighted by Gasteiger charge is 2.31. The lowest BCUT2D eigenvalue weighted by molar-refractivity contribution is -0.162. The Morgan fingerprint density at radius 3 is 2.65 bits per heavy atom. The van der Waals surface area contributed by atoms with Crippen molar-refractivity contribution in [2.24, 2.45) is 0 Å². The van der Waals surface area contributed by atoms with Gasteiger partial charge in [0, 0.05) is 19.6 Å². The summed E-state index contributed by atoms with van der Waals surface area (Å²) in [5, 5.41) is 0. The summed E-state index contributed by atoms with van der Waals surface area (Å²) in [7, 11) is 3.39. The van der Waals surface area contributed by atoms with Crippen molar-refractivity contribution < 1.29 is 22.7 Å². The van der Waals surface area contributed by atoms with Gasteiger partial charge < -0.3 is 14.5 Å². The summed E-state index contributed by atoms with van der Waals surface area (Å²) in [6.07, 6.45) is -3.40. The van der Waals surface area contributed by atoms with Crippen molar-refractivity contribution in [3.8, 4) is 0 Å². The van der Waals surface area contributed by atoms with Crippen LogP contribution in [-0.2, 0) is 4.74 Å². The van der Waals surface area contributed by atoms with Crippen LogP contribution in [0, 0.1) is 0 Å². The standard InChI is InChI=1S/C10H17F3N2O2/c1-14-5-3-4-8(14)6-15(2)9(16)17-7-10(11,12)13/h8H,3-7H2,1-2H3. The molecule has 1 aliphatic heterocycles. The molecule has 0 spiro atoms. The number of carbonyl (C=O) groups is 1. The van der Waals surface area contributed by atoms with Crippen molar-refractivity contribution in [2.45, 2.75) is 25.1 Å². The SMILES string of the molecule is CN(CC1CCCN1C)C(=O)OCC(F)(F)F. The van der Waals surface area contributed by atoms with E-state index in [2.05, 4.69) is 9.64 Å². The second-order valence-corrected chi connectivity index (χ2v) is 4.33. The smallest absolute Gasteiger partial charge is 0.422 e. The zero-order valence-corrected chi connectivity index (χ0v) is 9.96. The maximum absolute atomic E-state index is 11.8. The summed E-state index contributed by atoms with van der Waals surface area (Å²) >= 11 is 0. The van der Waals surface area contributed by atoms with Gasteiger partial charge in [0.15, 0.2) is 6.61 Å². The maximum Gasteiger partial charge on any atom is 0.422 e. The van der Waals surface area contributed by atoms with Gasteiger partial charge in [-0.25, -0.2) is 4.79 Å². The topological polar surface area (TPSA) is 32.8 Å². The monoisotopic (exact) mass is 254 g/mol. The number of alkyl halides is 3. The van der Waals surface area contributed by atoms with E-state index >= 15 is 0 Å². The number of hydrogen-bond donors (Lipinski definition) is 0. The first kappa shape index (κ1) is 14.1. The van der Waals surface area contributed by atoms with Crippen LogP contribution in [0.5, 0.6) is 0 Å². The number of amides is 1. The molecule has 0 bridgehead atoms. The van der Waals surface area contributed by atoms with E-state index in [0.29, 0.717) is 6.54 Å². The minimum absolute atomic E-state index is 0.207. The molecule has 1 unspecified atom stereocenters. The van der Waals surface area contributed by atoms with Crippen LogP contribution in [-0.4, -0.2) is 61.9 Å². The van der Waals surface area contributed by atoms with Crippen molar-refractivity contribution in [3.63, 3.8) is 0 Å². The lowest BCUT2D eigenvalue weighted by Crippen LogP contribution is -2.40. The van der Waals surface area contributed by atoms with E-state index < -0.39 is 18.9 Å². The Bertz CT molecular complexity index is 271. The first-order valence-electron chi connectivity index (χ1n) is 5.44. The largest absolute Gasteiger partial charge is 0.440 e. The molecular formula is C10H17F3N2O2. The Kier molecular flexibility index (Phi) is 4.62. The fraction of sp³-hybridized carbons (Fsp3) is 0.900. The average Bonchev–Trinajstić information content (AvgIpc) is 2.59. The van der Waals surface area contributed by atoms with Crippen LogP contribution in [0.25, 0.3) is 0 Å². The Balaban J connectivity index is 2.31. The molecule has 1 heterocycles. The quantitative estimate of drug-likeness (QED) is 0.768. The highest BCUT2D eigenvalue weighted by molar-refractivity contribution is 5.67. The number of likely N-dealkylation sites (tertiary alicyclic amines) is 1. The van der Waals surface area contributed by atoms with Crippen LogP contribution in [0.2, 0.25) is 0 Å². The van der Waals surface area contributed by atoms with Crippen molar-refractivity contribution >= 4 is 6.09 Å². The minimum Gasteiger partial charge on any atom is -0.440 e. The van der Waals surface area contributed by atoms with Crippen LogP contribution in [0.1, 0.15) is 12.8 Å². The molecule has 0 aromatic rings. The Labute approximate surface area is 98.3 Å². The molecule has 1 aliphatic rings. The van der Waals surface area contributed by atoms with Crippen LogP contribution < -0.4 is 0 Å². The molecule has 1 rings (SSSR count). The maximum atomic E-state index is 11.8. The van der Waals surface area contributed by atoms with Crippen molar-refractivity contribution in [2.75, 3.05) is 33.8 Å². The van der Waals surface area contributed by atoms with E-state index in [1.54, 1.807) is 0 Å². The second-order valence-electron chi connectivity index (χ2n) is 4.33. The van der Waals surface area contributed by atoms with Crippen molar-refractivity contribution in [3.05, 3.63) is 0 Å². The zero-order chi connectivity index (χ0) is 13.1. The summed E-state index contributed by atoms with van der Waals surface area (Å²) in [6.45, 7) is -0.181. The van der Waals surface area contributed by atoms with E-state index in [4.69, 9.17) is 0 Å². The molecule has 0 saturated carbocycles. The highest BCUT2D eigenvalue weighted by Crippen LogP contribution is 2.17. The molecule has 0 aliphatic carbocycles. The number of nitrogens with zero attached hydrogens (tertiary/aromatic N) is 2. The van der Waals surface area contributed by atoms with Gasteiger partial charge in [0.1, 0.15) is 0 Å². The normalized spacial score (nSPS) is 21.6. The molecule has 100 valence electrons. The predicted octanol–water partition coefficient (Wildman–Crippen LogP) is 1.71. The van der Waals surface area contributed by atoms with Gasteiger partial charge in [-0.3, -0.25) is 0 Å². The van der Waals surface area contributed by atoms with Gasteiger partial charge in [-0.15, -0.1) is 0 Å². The fourth-order valence-electron chi connectivity index (χ4n) is 1.85. The molecule has 0 aromatic heterocycles. The third kappa shape index (κ3) is 4.80. The van der Waals surface area contributed by atoms with Crippen LogP contribution >= 0.6 is 0 Å². The minimum atomic E-state index is -4.47. The Morgan fingerprint density at radius 1 is 1.53 bits per heavy atom. The molecular weight excluding hydrogens is 237 g/mol. The second kappa shape index (κ2) is 5.57. The number of ether oxygens (including phenoxy) is 1. The first-order valence-corrected chi connectivity index (χ1v) is 5.44. The van der Waals surface area contributed by atoms with Gasteiger partial charge in [-0.2, -0.15) is 13.2 Å². The van der Waals surface area contributed by atoms with Crippen molar-refractivity contribution in [1.29, 1.82) is 0 Å². The summed E-state index contributed by atoms with van der Waals surface area (Å²) in [5.41, 5.74) is 0. The molecule has 0 radical (unpaired) electrons. The molecule has 1 fully saturated rings. The van der Waals surface area contributed by atoms with Crippen LogP contribution in [0.3, 0.4) is 0 Å². The van der Waals surface area contributed by atoms with Gasteiger partial charge in [0.2, 0.25) is 0 Å². The van der Waals surface area contributed by atoms with Gasteiger partial charge in [0.05, 0.1) is 0 Å². The van der Waals surface area contributed by atoms with E-state index in [-0.39, 0.29) is 6.04 Å². The molecule has 7 heteroatoms. The van der Waals surface area contributed by atoms with E-state index in [1.165, 1.54) is 11.9 Å². The number of carbonyl (C=O) groups excluding carboxylic acids is 1. The van der Waals surface area contributed by atoms with E-state index in [0.717, 1.165) is 19.4 Å². The number of likely N-dealkylation sites (N-methyl/N-ethyl adjacent to an activating group) is 2. The average molecular weight is 254 g/mol. The Hall–Kier alpha value is -0.980. The van der Waals surface area contributed by atoms with E-state index in [9.17, 15) is 18.0 Å². The first-order chi connectivity index (χ1) is 7.79. The third-order valence-corrected chi connectivity index (χ3v) is 2.83. The molecule has 17 heavy (non-hydrogen) atoms. The number of halogens is 3. The van der Waals surface area contributed by atoms with Gasteiger partial charge in [-0.1, -0.05) is 0 Å². The summed E-state index contributed by atoms with van der Waals surface area (Å²) in [5.74, 6) is 0. The third-order valence-electron chi connectivity index (χ3n) is 2.83. The molecule has 0 aromatic carbocycles. The van der Waals surface area contributed by atoms with Gasteiger partial charge >= 0.3 is 12.3 Å². The Morgan fingerprint density at radius 2 is 2.18 bits per heavy atom. The highest BCUT2D eigenvalue weighted by atomic mass is 19.4. The van der Waals surface area contributed by atoms with Crippen LogP contribution in [0.15, 0.2) is 0 Å². The van der Waals surface area contributed by atoms with E-state index in [1.807, 2.05) is 7.05 Å². The molecule has 4 nitrogen and oxygen atoms in total. The number of rotatable bonds is 3.